The van der Waals surface area contributed by atoms with E-state index < -0.39 is 16.9 Å². The van der Waals surface area contributed by atoms with Crippen molar-refractivity contribution in [2.45, 2.75) is 15.7 Å². The van der Waals surface area contributed by atoms with Crippen LogP contribution < -0.4 is 21.8 Å². The van der Waals surface area contributed by atoms with Gasteiger partial charge in [0, 0.05) is 25.3 Å². The fourth-order valence-corrected chi connectivity index (χ4v) is 5.46. The summed E-state index contributed by atoms with van der Waals surface area (Å²) in [5.74, 6) is -0.0439. The first-order chi connectivity index (χ1) is 14.9. The van der Waals surface area contributed by atoms with Gasteiger partial charge in [-0.05, 0) is 18.6 Å². The molecule has 1 aromatic carbocycles. The van der Waals surface area contributed by atoms with E-state index in [9.17, 15) is 14.4 Å². The van der Waals surface area contributed by atoms with Crippen LogP contribution in [0.1, 0.15) is 16.7 Å². The van der Waals surface area contributed by atoms with E-state index in [2.05, 4.69) is 20.6 Å². The third kappa shape index (κ3) is 2.38. The zero-order valence-corrected chi connectivity index (χ0v) is 18.8. The summed E-state index contributed by atoms with van der Waals surface area (Å²) in [5, 5.41) is 6.92. The van der Waals surface area contributed by atoms with Crippen LogP contribution in [0.4, 0.5) is 17.3 Å². The van der Waals surface area contributed by atoms with Gasteiger partial charge in [0.2, 0.25) is 5.91 Å². The number of rotatable bonds is 2. The van der Waals surface area contributed by atoms with Crippen molar-refractivity contribution in [1.82, 2.24) is 19.1 Å². The first-order valence-electron chi connectivity index (χ1n) is 9.35. The number of amides is 1. The highest BCUT2D eigenvalue weighted by molar-refractivity contribution is 7.98. The van der Waals surface area contributed by atoms with E-state index >= 15 is 0 Å². The summed E-state index contributed by atoms with van der Waals surface area (Å²) in [6.07, 6.45) is 3.63. The van der Waals surface area contributed by atoms with Crippen molar-refractivity contribution in [3.05, 3.63) is 61.7 Å². The standard InChI is InChI=1S/C20H18N6O3S2/c1-25-15(27)11-13(23-18(25)30-3)21-10-8-6-5-7-9(10)20(11)12-14(22-17(20)29)24-19(31-4)26(2)16(12)28/h5-8,21H,1-4H3,(H,22,29). The maximum atomic E-state index is 13.7. The van der Waals surface area contributed by atoms with Crippen molar-refractivity contribution in [1.29, 1.82) is 0 Å². The van der Waals surface area contributed by atoms with Gasteiger partial charge in [-0.15, -0.1) is 0 Å². The molecule has 0 saturated heterocycles. The Kier molecular flexibility index (Phi) is 4.31. The highest BCUT2D eigenvalue weighted by atomic mass is 32.2. The molecule has 158 valence electrons. The summed E-state index contributed by atoms with van der Waals surface area (Å²) >= 11 is 2.62. The van der Waals surface area contributed by atoms with Gasteiger partial charge < -0.3 is 10.6 Å². The number of carbonyl (C=O) groups is 1. The minimum Gasteiger partial charge on any atom is -0.339 e. The lowest BCUT2D eigenvalue weighted by Gasteiger charge is -2.35. The molecule has 3 aromatic rings. The quantitative estimate of drug-likeness (QED) is 0.444. The molecule has 0 fully saturated rings. The number of nitrogens with zero attached hydrogens (tertiary/aromatic N) is 4. The third-order valence-corrected chi connectivity index (χ3v) is 7.23. The van der Waals surface area contributed by atoms with Crippen LogP contribution >= 0.6 is 23.5 Å². The maximum absolute atomic E-state index is 13.7. The number of thioether (sulfide) groups is 2. The molecular weight excluding hydrogens is 436 g/mol. The van der Waals surface area contributed by atoms with E-state index in [0.717, 1.165) is 0 Å². The van der Waals surface area contributed by atoms with Gasteiger partial charge in [-0.3, -0.25) is 23.5 Å². The van der Waals surface area contributed by atoms with Crippen LogP contribution in [0, 0.1) is 0 Å². The Balaban J connectivity index is 2.01. The van der Waals surface area contributed by atoms with Crippen LogP contribution in [0.3, 0.4) is 0 Å². The van der Waals surface area contributed by atoms with Crippen molar-refractivity contribution < 1.29 is 4.79 Å². The summed E-state index contributed by atoms with van der Waals surface area (Å²) in [5.41, 5.74) is -1.03. The minimum absolute atomic E-state index is 0.124. The van der Waals surface area contributed by atoms with E-state index in [4.69, 9.17) is 0 Å². The zero-order valence-electron chi connectivity index (χ0n) is 17.1. The second kappa shape index (κ2) is 6.72. The van der Waals surface area contributed by atoms with Gasteiger partial charge in [-0.25, -0.2) is 9.97 Å². The average Bonchev–Trinajstić information content (AvgIpc) is 3.05. The Morgan fingerprint density at radius 3 is 1.90 bits per heavy atom. The number of anilines is 3. The number of nitrogens with one attached hydrogen (secondary N) is 2. The molecule has 1 amide bonds. The molecule has 1 unspecified atom stereocenters. The molecule has 31 heavy (non-hydrogen) atoms. The van der Waals surface area contributed by atoms with E-state index in [1.165, 1.54) is 32.7 Å². The largest absolute Gasteiger partial charge is 0.339 e. The lowest BCUT2D eigenvalue weighted by Crippen LogP contribution is -2.48. The summed E-state index contributed by atoms with van der Waals surface area (Å²) < 4.78 is 2.81. The van der Waals surface area contributed by atoms with Gasteiger partial charge in [0.1, 0.15) is 17.1 Å². The fraction of sp³-hybridized carbons (Fsp3) is 0.250. The molecule has 2 N–H and O–H groups in total. The normalized spacial score (nSPS) is 18.3. The minimum atomic E-state index is -1.65. The Hall–Kier alpha value is -3.05. The Morgan fingerprint density at radius 2 is 1.35 bits per heavy atom. The second-order valence-corrected chi connectivity index (χ2v) is 8.79. The number of hydrogen-bond donors (Lipinski definition) is 2. The number of hydrogen-bond acceptors (Lipinski definition) is 8. The molecule has 4 heterocycles. The smallest absolute Gasteiger partial charge is 0.261 e. The van der Waals surface area contributed by atoms with Gasteiger partial charge >= 0.3 is 0 Å². The predicted molar refractivity (Wildman–Crippen MR) is 121 cm³/mol. The maximum Gasteiger partial charge on any atom is 0.261 e. The molecule has 0 saturated carbocycles. The van der Waals surface area contributed by atoms with Crippen LogP contribution in [0.25, 0.3) is 0 Å². The summed E-state index contributed by atoms with van der Waals surface area (Å²) in [6, 6.07) is 7.16. The van der Waals surface area contributed by atoms with Crippen molar-refractivity contribution in [2.75, 3.05) is 23.1 Å². The molecule has 1 atom stereocenters. The highest BCUT2D eigenvalue weighted by Gasteiger charge is 2.58. The molecule has 2 aliphatic heterocycles. The number of benzene rings is 1. The monoisotopic (exact) mass is 454 g/mol. The highest BCUT2D eigenvalue weighted by Crippen LogP contribution is 2.51. The summed E-state index contributed by atoms with van der Waals surface area (Å²) in [7, 11) is 3.22. The fourth-order valence-electron chi connectivity index (χ4n) is 4.38. The molecule has 1 spiro atoms. The van der Waals surface area contributed by atoms with Gasteiger partial charge in [-0.2, -0.15) is 0 Å². The van der Waals surface area contributed by atoms with Crippen LogP contribution in [0.2, 0.25) is 0 Å². The average molecular weight is 455 g/mol. The lowest BCUT2D eigenvalue weighted by atomic mass is 9.69. The third-order valence-electron chi connectivity index (χ3n) is 5.77. The SMILES string of the molecule is CSc1nc2c(c(=O)n1C)C1(C(=O)N2)c2ccccc2Nc2nc(SC)n(C)c(=O)c21. The number of aromatic nitrogens is 4. The van der Waals surface area contributed by atoms with E-state index in [-0.39, 0.29) is 28.3 Å². The van der Waals surface area contributed by atoms with E-state index in [0.29, 0.717) is 21.6 Å². The molecule has 9 nitrogen and oxygen atoms in total. The Morgan fingerprint density at radius 1 is 0.839 bits per heavy atom. The molecular formula is C20H18N6O3S2. The molecule has 2 aliphatic rings. The van der Waals surface area contributed by atoms with Crippen molar-refractivity contribution >= 4 is 46.8 Å². The first kappa shape index (κ1) is 19.9. The number of fused-ring (bicyclic) bond motifs is 6. The molecule has 0 aliphatic carbocycles. The molecule has 0 radical (unpaired) electrons. The molecule has 2 aromatic heterocycles. The van der Waals surface area contributed by atoms with Crippen LogP contribution in [-0.2, 0) is 24.3 Å². The number of para-hydroxylation sites is 1. The van der Waals surface area contributed by atoms with Crippen molar-refractivity contribution in [3.8, 4) is 0 Å². The summed E-state index contributed by atoms with van der Waals surface area (Å²) in [4.78, 5) is 50.0. The molecule has 0 bridgehead atoms. The molecule has 11 heteroatoms. The summed E-state index contributed by atoms with van der Waals surface area (Å²) in [6.45, 7) is 0. The van der Waals surface area contributed by atoms with Gasteiger partial charge in [-0.1, -0.05) is 41.7 Å². The van der Waals surface area contributed by atoms with Crippen molar-refractivity contribution in [2.24, 2.45) is 14.1 Å². The first-order valence-corrected chi connectivity index (χ1v) is 11.8. The van der Waals surface area contributed by atoms with Crippen LogP contribution in [0.5, 0.6) is 0 Å². The van der Waals surface area contributed by atoms with E-state index in [1.54, 1.807) is 38.6 Å². The lowest BCUT2D eigenvalue weighted by molar-refractivity contribution is -0.118. The van der Waals surface area contributed by atoms with Crippen molar-refractivity contribution in [3.63, 3.8) is 0 Å². The zero-order chi connectivity index (χ0) is 22.1. The number of carbonyl (C=O) groups excluding carboxylic acids is 1. The van der Waals surface area contributed by atoms with Gasteiger partial charge in [0.15, 0.2) is 10.3 Å². The Bertz CT molecular complexity index is 1410. The molecule has 5 rings (SSSR count). The van der Waals surface area contributed by atoms with E-state index in [1.807, 2.05) is 12.3 Å². The van der Waals surface area contributed by atoms with Gasteiger partial charge in [0.25, 0.3) is 11.1 Å². The Labute approximate surface area is 185 Å². The van der Waals surface area contributed by atoms with Crippen LogP contribution in [0.15, 0.2) is 44.2 Å². The topological polar surface area (TPSA) is 111 Å². The van der Waals surface area contributed by atoms with Crippen LogP contribution in [-0.4, -0.2) is 37.5 Å². The predicted octanol–water partition coefficient (Wildman–Crippen LogP) is 1.66. The second-order valence-electron chi connectivity index (χ2n) is 7.25. The van der Waals surface area contributed by atoms with Gasteiger partial charge in [0.05, 0.1) is 11.1 Å².